The molecule has 1 amide bonds. The summed E-state index contributed by atoms with van der Waals surface area (Å²) in [6, 6.07) is 2.59. The van der Waals surface area contributed by atoms with Crippen LogP contribution in [0.4, 0.5) is 0 Å². The number of hydrogen-bond acceptors (Lipinski definition) is 4. The van der Waals surface area contributed by atoms with Crippen LogP contribution in [0.5, 0.6) is 0 Å². The van der Waals surface area contributed by atoms with Crippen molar-refractivity contribution in [1.29, 1.82) is 0 Å². The summed E-state index contributed by atoms with van der Waals surface area (Å²) in [5, 5.41) is 3.31. The summed E-state index contributed by atoms with van der Waals surface area (Å²) in [6.07, 6.45) is 7.84. The highest BCUT2D eigenvalue weighted by molar-refractivity contribution is 5.82. The molecular weight excluding hydrogens is 378 g/mol. The molecule has 0 spiro atoms. The largest absolute Gasteiger partial charge is 0.334 e. The lowest BCUT2D eigenvalue weighted by molar-refractivity contribution is -0.140. The van der Waals surface area contributed by atoms with Gasteiger partial charge in [-0.2, -0.15) is 0 Å². The Morgan fingerprint density at radius 2 is 1.90 bits per heavy atom. The van der Waals surface area contributed by atoms with Crippen molar-refractivity contribution >= 4 is 11.6 Å². The van der Waals surface area contributed by atoms with Crippen LogP contribution < -0.4 is 5.56 Å². The average molecular weight is 412 g/mol. The van der Waals surface area contributed by atoms with Gasteiger partial charge in [0, 0.05) is 43.6 Å². The maximum absolute atomic E-state index is 13.3. The normalized spacial score (nSPS) is 23.4. The summed E-state index contributed by atoms with van der Waals surface area (Å²) >= 11 is 0. The highest BCUT2D eigenvalue weighted by atomic mass is 16.2. The van der Waals surface area contributed by atoms with Crippen LogP contribution in [-0.4, -0.2) is 49.4 Å². The maximum Gasteiger partial charge on any atom is 0.277 e. The third-order valence-corrected chi connectivity index (χ3v) is 7.17. The molecule has 1 atom stereocenters. The zero-order valence-electron chi connectivity index (χ0n) is 18.4. The second-order valence-corrected chi connectivity index (χ2v) is 10.3. The third kappa shape index (κ3) is 3.27. The first-order chi connectivity index (χ1) is 14.3. The van der Waals surface area contributed by atoms with Gasteiger partial charge in [-0.15, -0.1) is 0 Å². The predicted octanol–water partition coefficient (Wildman–Crippen LogP) is 3.03. The average Bonchev–Trinajstić information content (AvgIpc) is 3.46. The molecule has 1 unspecified atom stereocenters. The molecule has 4 heterocycles. The van der Waals surface area contributed by atoms with Gasteiger partial charge in [0.25, 0.3) is 5.56 Å². The van der Waals surface area contributed by atoms with E-state index in [1.807, 2.05) is 31.7 Å². The van der Waals surface area contributed by atoms with Gasteiger partial charge >= 0.3 is 0 Å². The summed E-state index contributed by atoms with van der Waals surface area (Å²) < 4.78 is 1.60. The number of fused-ring (bicyclic) bond motifs is 2. The Labute approximate surface area is 177 Å². The Morgan fingerprint density at radius 1 is 1.13 bits per heavy atom. The number of carbonyl (C=O) groups is 1. The maximum atomic E-state index is 13.3. The second-order valence-electron chi connectivity index (χ2n) is 10.3. The van der Waals surface area contributed by atoms with Crippen LogP contribution in [-0.2, 0) is 17.8 Å². The zero-order chi connectivity index (χ0) is 21.0. The molecule has 1 aliphatic carbocycles. The van der Waals surface area contributed by atoms with Gasteiger partial charge in [-0.25, -0.2) is 9.50 Å². The van der Waals surface area contributed by atoms with E-state index >= 15 is 0 Å². The number of nitrogens with one attached hydrogen (secondary N) is 1. The van der Waals surface area contributed by atoms with Crippen LogP contribution in [0.3, 0.4) is 0 Å². The zero-order valence-corrected chi connectivity index (χ0v) is 18.4. The van der Waals surface area contributed by atoms with Crippen LogP contribution in [0.15, 0.2) is 10.9 Å². The molecule has 1 N–H and O–H groups in total. The SMILES string of the molecule is CC(C)(C)C(=O)N1CCCC1c1cc2nc3c(c(=O)n2[nH]1)CN(C1CCCC1)CC3. The molecule has 1 saturated carbocycles. The molecule has 3 aliphatic rings. The van der Waals surface area contributed by atoms with Gasteiger partial charge in [0.05, 0.1) is 23.0 Å². The molecule has 1 saturated heterocycles. The summed E-state index contributed by atoms with van der Waals surface area (Å²) in [5.74, 6) is 0.162. The molecule has 0 aromatic carbocycles. The van der Waals surface area contributed by atoms with E-state index in [9.17, 15) is 9.59 Å². The van der Waals surface area contributed by atoms with Crippen molar-refractivity contribution in [1.82, 2.24) is 24.4 Å². The first kappa shape index (κ1) is 19.8. The van der Waals surface area contributed by atoms with E-state index in [0.717, 1.165) is 49.3 Å². The molecule has 2 aromatic heterocycles. The van der Waals surface area contributed by atoms with Crippen molar-refractivity contribution in [2.45, 2.75) is 84.3 Å². The quantitative estimate of drug-likeness (QED) is 0.824. The van der Waals surface area contributed by atoms with Crippen molar-refractivity contribution in [2.24, 2.45) is 5.41 Å². The van der Waals surface area contributed by atoms with E-state index in [1.165, 1.54) is 25.7 Å². The number of amides is 1. The Morgan fingerprint density at radius 3 is 2.63 bits per heavy atom. The number of aromatic nitrogens is 3. The molecule has 2 fully saturated rings. The van der Waals surface area contributed by atoms with E-state index in [2.05, 4.69) is 10.00 Å². The van der Waals surface area contributed by atoms with Crippen LogP contribution in [0.25, 0.3) is 5.65 Å². The lowest BCUT2D eigenvalue weighted by Crippen LogP contribution is -2.41. The summed E-state index contributed by atoms with van der Waals surface area (Å²) in [6.45, 7) is 8.37. The van der Waals surface area contributed by atoms with Gasteiger partial charge in [-0.05, 0) is 25.7 Å². The Kier molecular flexibility index (Phi) is 4.76. The lowest BCUT2D eigenvalue weighted by atomic mass is 9.94. The first-order valence-electron chi connectivity index (χ1n) is 11.5. The Balaban J connectivity index is 1.48. The number of carbonyl (C=O) groups excluding carboxylic acids is 1. The van der Waals surface area contributed by atoms with Crippen molar-refractivity contribution in [3.05, 3.63) is 33.4 Å². The summed E-state index contributed by atoms with van der Waals surface area (Å²) in [4.78, 5) is 35.5. The van der Waals surface area contributed by atoms with E-state index in [0.29, 0.717) is 18.2 Å². The lowest BCUT2D eigenvalue weighted by Gasteiger charge is -2.32. The molecule has 2 aromatic rings. The molecule has 5 rings (SSSR count). The highest BCUT2D eigenvalue weighted by Crippen LogP contribution is 2.35. The molecular formula is C23H33N5O2. The van der Waals surface area contributed by atoms with Crippen molar-refractivity contribution in [3.63, 3.8) is 0 Å². The minimum absolute atomic E-state index is 0.00941. The van der Waals surface area contributed by atoms with E-state index in [1.54, 1.807) is 4.52 Å². The number of aromatic amines is 1. The molecule has 2 aliphatic heterocycles. The Hall–Kier alpha value is -2.15. The monoisotopic (exact) mass is 411 g/mol. The minimum Gasteiger partial charge on any atom is -0.334 e. The first-order valence-corrected chi connectivity index (χ1v) is 11.5. The van der Waals surface area contributed by atoms with E-state index in [-0.39, 0.29) is 17.5 Å². The topological polar surface area (TPSA) is 73.7 Å². The molecule has 7 heteroatoms. The van der Waals surface area contributed by atoms with Gasteiger partial charge in [-0.1, -0.05) is 33.6 Å². The number of likely N-dealkylation sites (tertiary alicyclic amines) is 1. The van der Waals surface area contributed by atoms with Crippen LogP contribution in [0, 0.1) is 5.41 Å². The van der Waals surface area contributed by atoms with Crippen LogP contribution in [0.1, 0.15) is 82.3 Å². The molecule has 0 radical (unpaired) electrons. The molecule has 7 nitrogen and oxygen atoms in total. The summed E-state index contributed by atoms with van der Waals surface area (Å²) in [7, 11) is 0. The van der Waals surface area contributed by atoms with Gasteiger partial charge < -0.3 is 4.90 Å². The standard InChI is InChI=1S/C23H33N5O2/c1-23(2,3)22(30)27-11-6-9-19(27)18-13-20-24-17-10-12-26(15-7-4-5-8-15)14-16(17)21(29)28(20)25-18/h13,15,19,25H,4-12,14H2,1-3H3. The van der Waals surface area contributed by atoms with Crippen LogP contribution in [0.2, 0.25) is 0 Å². The van der Waals surface area contributed by atoms with E-state index in [4.69, 9.17) is 4.98 Å². The predicted molar refractivity (Wildman–Crippen MR) is 115 cm³/mol. The molecule has 0 bridgehead atoms. The van der Waals surface area contributed by atoms with Gasteiger partial charge in [0.1, 0.15) is 0 Å². The van der Waals surface area contributed by atoms with Gasteiger partial charge in [0.2, 0.25) is 5.91 Å². The number of nitrogens with zero attached hydrogens (tertiary/aromatic N) is 4. The smallest absolute Gasteiger partial charge is 0.277 e. The fraction of sp³-hybridized carbons (Fsp3) is 0.696. The second kappa shape index (κ2) is 7.22. The van der Waals surface area contributed by atoms with Gasteiger partial charge in [-0.3, -0.25) is 19.6 Å². The molecule has 30 heavy (non-hydrogen) atoms. The number of rotatable bonds is 2. The van der Waals surface area contributed by atoms with Crippen molar-refractivity contribution in [2.75, 3.05) is 13.1 Å². The van der Waals surface area contributed by atoms with E-state index < -0.39 is 5.41 Å². The van der Waals surface area contributed by atoms with Gasteiger partial charge in [0.15, 0.2) is 5.65 Å². The van der Waals surface area contributed by atoms with Crippen LogP contribution >= 0.6 is 0 Å². The highest BCUT2D eigenvalue weighted by Gasteiger charge is 2.37. The summed E-state index contributed by atoms with van der Waals surface area (Å²) in [5.41, 5.74) is 3.01. The Bertz CT molecular complexity index is 1020. The molecule has 162 valence electrons. The third-order valence-electron chi connectivity index (χ3n) is 7.17. The fourth-order valence-electron chi connectivity index (χ4n) is 5.54. The van der Waals surface area contributed by atoms with Crippen molar-refractivity contribution in [3.8, 4) is 0 Å². The fourth-order valence-corrected chi connectivity index (χ4v) is 5.54. The van der Waals surface area contributed by atoms with Crippen molar-refractivity contribution < 1.29 is 4.79 Å². The number of hydrogen-bond donors (Lipinski definition) is 1. The number of H-pyrrole nitrogens is 1. The minimum atomic E-state index is -0.410.